The predicted molar refractivity (Wildman–Crippen MR) is 76.4 cm³/mol. The van der Waals surface area contributed by atoms with Crippen molar-refractivity contribution >= 4 is 11.7 Å². The van der Waals surface area contributed by atoms with Crippen LogP contribution in [0.15, 0.2) is 18.2 Å². The molecule has 0 aliphatic carbocycles. The molecule has 1 amide bonds. The Hall–Kier alpha value is -1.62. The fraction of sp³-hybridized carbons (Fsp3) is 0.571. The lowest BCUT2D eigenvalue weighted by Crippen LogP contribution is -2.42. The molecule has 0 saturated carbocycles. The molecule has 19 heavy (non-hydrogen) atoms. The van der Waals surface area contributed by atoms with E-state index in [2.05, 4.69) is 29.2 Å². The maximum atomic E-state index is 12.6. The minimum atomic E-state index is 0.0277. The van der Waals surface area contributed by atoms with E-state index in [1.807, 2.05) is 17.0 Å². The van der Waals surface area contributed by atoms with Crippen molar-refractivity contribution < 1.29 is 4.79 Å². The molecule has 0 aromatic carbocycles. The second-order valence-electron chi connectivity index (χ2n) is 5.12. The highest BCUT2D eigenvalue weighted by Crippen LogP contribution is 2.13. The first-order chi connectivity index (χ1) is 9.11. The first-order valence-corrected chi connectivity index (χ1v) is 6.76. The molecule has 0 spiro atoms. The number of hydrogen-bond acceptors (Lipinski definition) is 4. The molecular formula is C14H22N4O. The summed E-state index contributed by atoms with van der Waals surface area (Å²) < 4.78 is 0. The number of pyridine rings is 1. The van der Waals surface area contributed by atoms with E-state index in [4.69, 9.17) is 0 Å². The molecule has 0 bridgehead atoms. The van der Waals surface area contributed by atoms with Gasteiger partial charge in [-0.2, -0.15) is 0 Å². The Bertz CT molecular complexity index is 449. The van der Waals surface area contributed by atoms with Crippen molar-refractivity contribution in [3.63, 3.8) is 0 Å². The van der Waals surface area contributed by atoms with E-state index >= 15 is 0 Å². The highest BCUT2D eigenvalue weighted by Gasteiger charge is 2.25. The molecule has 1 aliphatic rings. The second-order valence-corrected chi connectivity index (χ2v) is 5.12. The Kier molecular flexibility index (Phi) is 4.37. The van der Waals surface area contributed by atoms with Gasteiger partial charge >= 0.3 is 0 Å². The fourth-order valence-corrected chi connectivity index (χ4v) is 2.51. The number of nitrogens with one attached hydrogen (secondary N) is 1. The Balaban J connectivity index is 2.17. The molecule has 2 rings (SSSR count). The van der Waals surface area contributed by atoms with Crippen LogP contribution >= 0.6 is 0 Å². The van der Waals surface area contributed by atoms with Crippen LogP contribution in [0.3, 0.4) is 0 Å². The molecule has 1 saturated heterocycles. The van der Waals surface area contributed by atoms with Crippen LogP contribution in [-0.4, -0.2) is 60.5 Å². The van der Waals surface area contributed by atoms with Crippen LogP contribution in [0.2, 0.25) is 0 Å². The summed E-state index contributed by atoms with van der Waals surface area (Å²) in [6.45, 7) is 4.85. The summed E-state index contributed by atoms with van der Waals surface area (Å²) in [6.07, 6.45) is 1.01. The van der Waals surface area contributed by atoms with Crippen molar-refractivity contribution in [2.24, 2.45) is 0 Å². The molecule has 1 unspecified atom stereocenters. The van der Waals surface area contributed by atoms with E-state index in [0.29, 0.717) is 5.69 Å². The Morgan fingerprint density at radius 3 is 2.95 bits per heavy atom. The molecule has 1 N–H and O–H groups in total. The first-order valence-electron chi connectivity index (χ1n) is 6.76. The van der Waals surface area contributed by atoms with Gasteiger partial charge in [-0.1, -0.05) is 6.07 Å². The summed E-state index contributed by atoms with van der Waals surface area (Å²) >= 11 is 0. The summed E-state index contributed by atoms with van der Waals surface area (Å²) in [7, 11) is 3.91. The summed E-state index contributed by atoms with van der Waals surface area (Å²) in [5, 5.41) is 2.97. The van der Waals surface area contributed by atoms with Crippen LogP contribution in [-0.2, 0) is 0 Å². The zero-order chi connectivity index (χ0) is 13.8. The fourth-order valence-electron chi connectivity index (χ4n) is 2.51. The number of aromatic nitrogens is 1. The third-order valence-electron chi connectivity index (χ3n) is 3.53. The van der Waals surface area contributed by atoms with Gasteiger partial charge in [0, 0.05) is 26.2 Å². The predicted octanol–water partition coefficient (Wildman–Crippen LogP) is 1.29. The van der Waals surface area contributed by atoms with E-state index < -0.39 is 0 Å². The maximum absolute atomic E-state index is 12.6. The summed E-state index contributed by atoms with van der Waals surface area (Å²) in [4.78, 5) is 21.1. The van der Waals surface area contributed by atoms with E-state index in [1.165, 1.54) is 0 Å². The van der Waals surface area contributed by atoms with E-state index in [9.17, 15) is 4.79 Å². The van der Waals surface area contributed by atoms with Gasteiger partial charge in [0.25, 0.3) is 5.91 Å². The van der Waals surface area contributed by atoms with Gasteiger partial charge in [-0.05, 0) is 39.1 Å². The molecule has 1 aliphatic heterocycles. The number of carbonyl (C=O) groups excluding carboxylic acids is 1. The van der Waals surface area contributed by atoms with Crippen LogP contribution in [0.1, 0.15) is 23.8 Å². The lowest BCUT2D eigenvalue weighted by atomic mass is 10.2. The van der Waals surface area contributed by atoms with Crippen LogP contribution in [0.5, 0.6) is 0 Å². The minimum Gasteiger partial charge on any atom is -0.373 e. The van der Waals surface area contributed by atoms with Crippen molar-refractivity contribution in [2.45, 2.75) is 19.4 Å². The number of carbonyl (C=O) groups is 1. The number of anilines is 1. The molecule has 1 aromatic heterocycles. The molecule has 104 valence electrons. The smallest absolute Gasteiger partial charge is 0.272 e. The van der Waals surface area contributed by atoms with Crippen molar-refractivity contribution in [3.8, 4) is 0 Å². The number of likely N-dealkylation sites (N-methyl/N-ethyl adjacent to an activating group) is 1. The molecule has 1 aromatic rings. The van der Waals surface area contributed by atoms with Crippen LogP contribution in [0.25, 0.3) is 0 Å². The number of nitrogens with zero attached hydrogens (tertiary/aromatic N) is 3. The number of rotatable bonds is 2. The molecule has 1 atom stereocenters. The maximum Gasteiger partial charge on any atom is 0.272 e. The van der Waals surface area contributed by atoms with Crippen molar-refractivity contribution in [1.29, 1.82) is 0 Å². The lowest BCUT2D eigenvalue weighted by Gasteiger charge is -2.27. The van der Waals surface area contributed by atoms with Crippen LogP contribution in [0.4, 0.5) is 5.82 Å². The Morgan fingerprint density at radius 2 is 2.21 bits per heavy atom. The largest absolute Gasteiger partial charge is 0.373 e. The number of hydrogen-bond donors (Lipinski definition) is 1. The average molecular weight is 262 g/mol. The highest BCUT2D eigenvalue weighted by atomic mass is 16.2. The number of amides is 1. The van der Waals surface area contributed by atoms with Crippen molar-refractivity contribution in [2.75, 3.05) is 39.0 Å². The lowest BCUT2D eigenvalue weighted by molar-refractivity contribution is 0.0690. The quantitative estimate of drug-likeness (QED) is 0.872. The zero-order valence-corrected chi connectivity index (χ0v) is 11.9. The molecule has 1 fully saturated rings. The molecule has 5 nitrogen and oxygen atoms in total. The molecule has 2 heterocycles. The average Bonchev–Trinajstić information content (AvgIpc) is 2.58. The van der Waals surface area contributed by atoms with E-state index in [-0.39, 0.29) is 11.9 Å². The molecule has 0 radical (unpaired) electrons. The van der Waals surface area contributed by atoms with Crippen LogP contribution < -0.4 is 5.32 Å². The SMILES string of the molecule is CNc1cccc(C(=O)N2CCCN(C)CC2C)n1. The second kappa shape index (κ2) is 6.02. The Morgan fingerprint density at radius 1 is 1.42 bits per heavy atom. The van der Waals surface area contributed by atoms with Crippen molar-refractivity contribution in [1.82, 2.24) is 14.8 Å². The first kappa shape index (κ1) is 13.8. The third-order valence-corrected chi connectivity index (χ3v) is 3.53. The van der Waals surface area contributed by atoms with Gasteiger partial charge in [-0.25, -0.2) is 4.98 Å². The van der Waals surface area contributed by atoms with E-state index in [1.54, 1.807) is 13.1 Å². The Labute approximate surface area is 114 Å². The van der Waals surface area contributed by atoms with Crippen LogP contribution in [0, 0.1) is 0 Å². The van der Waals surface area contributed by atoms with Gasteiger partial charge in [-0.15, -0.1) is 0 Å². The van der Waals surface area contributed by atoms with Gasteiger partial charge in [0.05, 0.1) is 0 Å². The van der Waals surface area contributed by atoms with Gasteiger partial charge in [0.2, 0.25) is 0 Å². The van der Waals surface area contributed by atoms with Crippen molar-refractivity contribution in [3.05, 3.63) is 23.9 Å². The van der Waals surface area contributed by atoms with Gasteiger partial charge < -0.3 is 15.1 Å². The van der Waals surface area contributed by atoms with Gasteiger partial charge in [0.1, 0.15) is 11.5 Å². The zero-order valence-electron chi connectivity index (χ0n) is 11.9. The topological polar surface area (TPSA) is 48.5 Å². The molecular weight excluding hydrogens is 240 g/mol. The standard InChI is InChI=1S/C14H22N4O/c1-11-10-17(3)8-5-9-18(11)14(19)12-6-4-7-13(15-2)16-12/h4,6-7,11H,5,8-10H2,1-3H3,(H,15,16). The normalized spacial score (nSPS) is 21.0. The van der Waals surface area contributed by atoms with E-state index in [0.717, 1.165) is 31.9 Å². The third kappa shape index (κ3) is 3.23. The van der Waals surface area contributed by atoms with Gasteiger partial charge in [0.15, 0.2) is 0 Å². The summed E-state index contributed by atoms with van der Waals surface area (Å²) in [5.74, 6) is 0.755. The minimum absolute atomic E-state index is 0.0277. The van der Waals surface area contributed by atoms with Gasteiger partial charge in [-0.3, -0.25) is 4.79 Å². The highest BCUT2D eigenvalue weighted by molar-refractivity contribution is 5.92. The summed E-state index contributed by atoms with van der Waals surface area (Å²) in [6, 6.07) is 5.72. The monoisotopic (exact) mass is 262 g/mol. The summed E-state index contributed by atoms with van der Waals surface area (Å²) in [5.41, 5.74) is 0.517. The molecule has 5 heteroatoms.